The summed E-state index contributed by atoms with van der Waals surface area (Å²) in [5.41, 5.74) is 1.38. The molecule has 0 aliphatic heterocycles. The summed E-state index contributed by atoms with van der Waals surface area (Å²) in [6.07, 6.45) is -4.55. The van der Waals surface area contributed by atoms with E-state index < -0.39 is 11.9 Å². The highest BCUT2D eigenvalue weighted by molar-refractivity contribution is 7.13. The number of thiophene rings is 1. The Bertz CT molecular complexity index is 1100. The molecule has 0 spiro atoms. The Labute approximate surface area is 156 Å². The molecule has 0 amide bonds. The number of nitrogens with zero attached hydrogens (tertiary/aromatic N) is 3. The zero-order chi connectivity index (χ0) is 19.2. The Morgan fingerprint density at radius 1 is 1.11 bits per heavy atom. The van der Waals surface area contributed by atoms with Crippen molar-refractivity contribution in [3.63, 3.8) is 0 Å². The smallest absolute Gasteiger partial charge is 0.433 e. The Kier molecular flexibility index (Phi) is 4.15. The third-order valence-corrected chi connectivity index (χ3v) is 5.10. The van der Waals surface area contributed by atoms with Crippen LogP contribution in [0.3, 0.4) is 0 Å². The molecule has 0 aliphatic rings. The van der Waals surface area contributed by atoms with Crippen LogP contribution in [0.4, 0.5) is 13.2 Å². The number of hydrogen-bond acceptors (Lipinski definition) is 4. The predicted molar refractivity (Wildman–Crippen MR) is 98.0 cm³/mol. The van der Waals surface area contributed by atoms with Crippen molar-refractivity contribution in [2.24, 2.45) is 0 Å². The molecule has 3 heterocycles. The van der Waals surface area contributed by atoms with Crippen molar-refractivity contribution < 1.29 is 17.9 Å². The van der Waals surface area contributed by atoms with Crippen molar-refractivity contribution in [2.45, 2.75) is 13.1 Å². The lowest BCUT2D eigenvalue weighted by Crippen LogP contribution is -2.13. The van der Waals surface area contributed by atoms with Crippen LogP contribution in [0.2, 0.25) is 0 Å². The van der Waals surface area contributed by atoms with Gasteiger partial charge in [-0.25, -0.2) is 9.50 Å². The maximum Gasteiger partial charge on any atom is 0.433 e. The highest BCUT2D eigenvalue weighted by Gasteiger charge is 2.36. The lowest BCUT2D eigenvalue weighted by Gasteiger charge is -2.11. The number of halogens is 3. The standard InChI is InChI=1S/C19H14F3N3OS/c1-11-17(12-5-7-13(26-2)8-6-12)18-23-14(15-4-3-9-27-15)10-16(19(20,21)22)25(18)24-11/h3-10H,1-2H3. The predicted octanol–water partition coefficient (Wildman–Crippen LogP) is 5.46. The highest BCUT2D eigenvalue weighted by atomic mass is 32.1. The first-order chi connectivity index (χ1) is 12.9. The summed E-state index contributed by atoms with van der Waals surface area (Å²) in [4.78, 5) is 5.18. The maximum absolute atomic E-state index is 13.7. The average molecular weight is 389 g/mol. The van der Waals surface area contributed by atoms with Crippen LogP contribution in [-0.4, -0.2) is 21.7 Å². The molecule has 8 heteroatoms. The molecule has 3 aromatic heterocycles. The van der Waals surface area contributed by atoms with Crippen LogP contribution in [0.25, 0.3) is 27.3 Å². The van der Waals surface area contributed by atoms with Gasteiger partial charge in [0, 0.05) is 5.56 Å². The third kappa shape index (κ3) is 3.06. The molecule has 0 bridgehead atoms. The van der Waals surface area contributed by atoms with E-state index in [1.54, 1.807) is 55.8 Å². The van der Waals surface area contributed by atoms with Crippen molar-refractivity contribution in [3.8, 4) is 27.4 Å². The average Bonchev–Trinajstić information content (AvgIpc) is 3.27. The molecule has 0 aliphatic carbocycles. The van der Waals surface area contributed by atoms with Gasteiger partial charge in [0.05, 0.1) is 23.4 Å². The van der Waals surface area contributed by atoms with Gasteiger partial charge in [-0.1, -0.05) is 18.2 Å². The molecule has 27 heavy (non-hydrogen) atoms. The van der Waals surface area contributed by atoms with Gasteiger partial charge in [-0.05, 0) is 42.1 Å². The van der Waals surface area contributed by atoms with Crippen molar-refractivity contribution in [1.82, 2.24) is 14.6 Å². The minimum Gasteiger partial charge on any atom is -0.497 e. The molecule has 0 atom stereocenters. The number of hydrogen-bond donors (Lipinski definition) is 0. The number of methoxy groups -OCH3 is 1. The monoisotopic (exact) mass is 389 g/mol. The number of aryl methyl sites for hydroxylation is 1. The van der Waals surface area contributed by atoms with Gasteiger partial charge in [-0.15, -0.1) is 11.3 Å². The normalized spacial score (nSPS) is 11.9. The SMILES string of the molecule is COc1ccc(-c2c(C)nn3c(C(F)(F)F)cc(-c4cccs4)nc23)cc1. The van der Waals surface area contributed by atoms with Gasteiger partial charge in [-0.3, -0.25) is 0 Å². The van der Waals surface area contributed by atoms with Crippen LogP contribution in [0.1, 0.15) is 11.4 Å². The molecule has 0 saturated heterocycles. The Balaban J connectivity index is 2.02. The number of benzene rings is 1. The minimum absolute atomic E-state index is 0.177. The van der Waals surface area contributed by atoms with Gasteiger partial charge >= 0.3 is 6.18 Å². The largest absolute Gasteiger partial charge is 0.497 e. The van der Waals surface area contributed by atoms with Crippen LogP contribution >= 0.6 is 11.3 Å². The Hall–Kier alpha value is -2.87. The molecule has 138 valence electrons. The number of fused-ring (bicyclic) bond motifs is 1. The second kappa shape index (κ2) is 6.38. The van der Waals surface area contributed by atoms with Crippen molar-refractivity contribution >= 4 is 17.0 Å². The number of rotatable bonds is 3. The molecule has 0 fully saturated rings. The first-order valence-corrected chi connectivity index (χ1v) is 8.92. The fourth-order valence-corrected chi connectivity index (χ4v) is 3.66. The molecule has 1 aromatic carbocycles. The number of aromatic nitrogens is 3. The molecule has 0 N–H and O–H groups in total. The van der Waals surface area contributed by atoms with Gasteiger partial charge < -0.3 is 4.74 Å². The van der Waals surface area contributed by atoms with Gasteiger partial charge in [0.1, 0.15) is 5.75 Å². The van der Waals surface area contributed by atoms with E-state index in [2.05, 4.69) is 10.1 Å². The lowest BCUT2D eigenvalue weighted by molar-refractivity contribution is -0.142. The van der Waals surface area contributed by atoms with E-state index in [0.29, 0.717) is 21.9 Å². The van der Waals surface area contributed by atoms with Gasteiger partial charge in [-0.2, -0.15) is 18.3 Å². The second-order valence-corrected chi connectivity index (χ2v) is 6.87. The summed E-state index contributed by atoms with van der Waals surface area (Å²) >= 11 is 1.34. The van der Waals surface area contributed by atoms with E-state index in [1.807, 2.05) is 0 Å². The molecule has 4 aromatic rings. The van der Waals surface area contributed by atoms with E-state index in [9.17, 15) is 13.2 Å². The van der Waals surface area contributed by atoms with E-state index in [0.717, 1.165) is 16.1 Å². The molecule has 0 unspecified atom stereocenters. The van der Waals surface area contributed by atoms with Crippen LogP contribution in [0.15, 0.2) is 47.8 Å². The zero-order valence-corrected chi connectivity index (χ0v) is 15.2. The van der Waals surface area contributed by atoms with Gasteiger partial charge in [0.25, 0.3) is 0 Å². The first-order valence-electron chi connectivity index (χ1n) is 8.04. The Morgan fingerprint density at radius 3 is 2.44 bits per heavy atom. The van der Waals surface area contributed by atoms with Crippen molar-refractivity contribution in [2.75, 3.05) is 7.11 Å². The summed E-state index contributed by atoms with van der Waals surface area (Å²) in [5.74, 6) is 0.663. The van der Waals surface area contributed by atoms with Crippen molar-refractivity contribution in [3.05, 3.63) is 59.2 Å². The molecular weight excluding hydrogens is 375 g/mol. The summed E-state index contributed by atoms with van der Waals surface area (Å²) in [7, 11) is 1.56. The fraction of sp³-hybridized carbons (Fsp3) is 0.158. The van der Waals surface area contributed by atoms with Gasteiger partial charge in [0.15, 0.2) is 11.3 Å². The molecule has 4 nitrogen and oxygen atoms in total. The van der Waals surface area contributed by atoms with Gasteiger partial charge in [0.2, 0.25) is 0 Å². The van der Waals surface area contributed by atoms with E-state index in [4.69, 9.17) is 4.74 Å². The van der Waals surface area contributed by atoms with E-state index >= 15 is 0 Å². The van der Waals surface area contributed by atoms with Crippen LogP contribution in [0.5, 0.6) is 5.75 Å². The quantitative estimate of drug-likeness (QED) is 0.467. The minimum atomic E-state index is -4.55. The Morgan fingerprint density at radius 2 is 1.85 bits per heavy atom. The summed E-state index contributed by atoms with van der Waals surface area (Å²) in [6, 6.07) is 11.7. The number of alkyl halides is 3. The molecule has 4 rings (SSSR count). The molecule has 0 saturated carbocycles. The zero-order valence-electron chi connectivity index (χ0n) is 14.4. The first kappa shape index (κ1) is 17.5. The fourth-order valence-electron chi connectivity index (χ4n) is 2.97. The number of ether oxygens (including phenoxy) is 1. The molecular formula is C19H14F3N3OS. The molecule has 0 radical (unpaired) electrons. The van der Waals surface area contributed by atoms with E-state index in [1.165, 1.54) is 11.3 Å². The van der Waals surface area contributed by atoms with E-state index in [-0.39, 0.29) is 11.3 Å². The summed E-state index contributed by atoms with van der Waals surface area (Å²) in [5, 5.41) is 5.93. The second-order valence-electron chi connectivity index (χ2n) is 5.93. The van der Waals surface area contributed by atoms with Crippen molar-refractivity contribution in [1.29, 1.82) is 0 Å². The topological polar surface area (TPSA) is 39.4 Å². The highest BCUT2D eigenvalue weighted by Crippen LogP contribution is 2.37. The van der Waals surface area contributed by atoms with Crippen LogP contribution in [0, 0.1) is 6.92 Å². The lowest BCUT2D eigenvalue weighted by atomic mass is 10.1. The van der Waals surface area contributed by atoms with Crippen LogP contribution < -0.4 is 4.74 Å². The maximum atomic E-state index is 13.7. The summed E-state index contributed by atoms with van der Waals surface area (Å²) in [6.45, 7) is 1.68. The van der Waals surface area contributed by atoms with Crippen LogP contribution in [-0.2, 0) is 6.18 Å². The summed E-state index contributed by atoms with van der Waals surface area (Å²) < 4.78 is 47.1. The third-order valence-electron chi connectivity index (χ3n) is 4.21.